The van der Waals surface area contributed by atoms with Crippen molar-refractivity contribution in [1.29, 1.82) is 5.26 Å². The van der Waals surface area contributed by atoms with Crippen LogP contribution in [0, 0.1) is 11.3 Å². The third-order valence-electron chi connectivity index (χ3n) is 8.00. The molecule has 0 spiro atoms. The Labute approximate surface area is 245 Å². The van der Waals surface area contributed by atoms with Crippen LogP contribution in [-0.2, 0) is 0 Å². The quantitative estimate of drug-likeness (QED) is 0.244. The van der Waals surface area contributed by atoms with Gasteiger partial charge in [-0.1, -0.05) is 36.4 Å². The first-order valence-corrected chi connectivity index (χ1v) is 14.0. The summed E-state index contributed by atoms with van der Waals surface area (Å²) in [7, 11) is 1.69. The number of aromatic nitrogens is 2. The molecule has 0 saturated carbocycles. The summed E-state index contributed by atoms with van der Waals surface area (Å²) < 4.78 is 5.95. The van der Waals surface area contributed by atoms with Crippen LogP contribution in [0.5, 0.6) is 5.75 Å². The van der Waals surface area contributed by atoms with Crippen molar-refractivity contribution in [3.05, 3.63) is 109 Å². The number of ether oxygens (including phenoxy) is 1. The molecule has 0 aliphatic carbocycles. The first-order chi connectivity index (χ1) is 20.5. The van der Waals surface area contributed by atoms with Gasteiger partial charge in [0.15, 0.2) is 0 Å². The van der Waals surface area contributed by atoms with Gasteiger partial charge in [-0.25, -0.2) is 0 Å². The molecule has 1 fully saturated rings. The van der Waals surface area contributed by atoms with Gasteiger partial charge in [-0.3, -0.25) is 14.8 Å². The molecule has 3 aromatic carbocycles. The fourth-order valence-corrected chi connectivity index (χ4v) is 6.01. The number of pyridine rings is 2. The Balaban J connectivity index is 1.26. The van der Waals surface area contributed by atoms with Crippen LogP contribution in [0.25, 0.3) is 33.2 Å². The van der Waals surface area contributed by atoms with Gasteiger partial charge in [0.05, 0.1) is 24.3 Å². The molecular weight excluding hydrogens is 522 g/mol. The molecule has 208 valence electrons. The van der Waals surface area contributed by atoms with Gasteiger partial charge >= 0.3 is 0 Å². The second-order valence-electron chi connectivity index (χ2n) is 10.7. The van der Waals surface area contributed by atoms with E-state index in [1.54, 1.807) is 31.6 Å². The molecule has 1 aliphatic rings. The summed E-state index contributed by atoms with van der Waals surface area (Å²) in [6.45, 7) is 5.71. The van der Waals surface area contributed by atoms with E-state index in [4.69, 9.17) is 15.0 Å². The van der Waals surface area contributed by atoms with Crippen molar-refractivity contribution in [1.82, 2.24) is 14.9 Å². The van der Waals surface area contributed by atoms with E-state index in [0.717, 1.165) is 57.7 Å². The third kappa shape index (κ3) is 4.92. The Bertz CT molecular complexity index is 1770. The maximum atomic E-state index is 13.2. The number of anilines is 1. The lowest BCUT2D eigenvalue weighted by atomic mass is 9.97. The molecular formula is C35H31N5O2. The van der Waals surface area contributed by atoms with E-state index < -0.39 is 0 Å². The Kier molecular flexibility index (Phi) is 7.28. The molecule has 7 nitrogen and oxygen atoms in total. The third-order valence-corrected chi connectivity index (χ3v) is 8.00. The number of piperazine rings is 1. The van der Waals surface area contributed by atoms with Crippen molar-refractivity contribution in [3.63, 3.8) is 0 Å². The van der Waals surface area contributed by atoms with E-state index in [1.165, 1.54) is 0 Å². The second kappa shape index (κ2) is 11.3. The average molecular weight is 554 g/mol. The van der Waals surface area contributed by atoms with Gasteiger partial charge in [-0.05, 0) is 67.4 Å². The zero-order chi connectivity index (χ0) is 29.2. The van der Waals surface area contributed by atoms with Gasteiger partial charge in [0, 0.05) is 71.5 Å². The first-order valence-electron chi connectivity index (χ1n) is 14.0. The van der Waals surface area contributed by atoms with Gasteiger partial charge in [-0.15, -0.1) is 0 Å². The summed E-state index contributed by atoms with van der Waals surface area (Å²) in [5.74, 6) is 0.819. The lowest BCUT2D eigenvalue weighted by molar-refractivity contribution is 0.0574. The van der Waals surface area contributed by atoms with Gasteiger partial charge in [0.25, 0.3) is 5.91 Å². The van der Waals surface area contributed by atoms with Crippen molar-refractivity contribution in [2.75, 3.05) is 25.1 Å². The van der Waals surface area contributed by atoms with Crippen LogP contribution in [0.2, 0.25) is 0 Å². The first kappa shape index (κ1) is 27.0. The maximum absolute atomic E-state index is 13.2. The molecule has 42 heavy (non-hydrogen) atoms. The van der Waals surface area contributed by atoms with Crippen LogP contribution in [0.3, 0.4) is 0 Å². The molecule has 1 saturated heterocycles. The summed E-state index contributed by atoms with van der Waals surface area (Å²) in [6.07, 6.45) is 5.19. The number of benzene rings is 3. The van der Waals surface area contributed by atoms with Crippen LogP contribution < -0.4 is 9.64 Å². The van der Waals surface area contributed by atoms with Crippen LogP contribution in [0.4, 0.5) is 5.69 Å². The summed E-state index contributed by atoms with van der Waals surface area (Å²) in [5, 5.41) is 10.1. The van der Waals surface area contributed by atoms with Crippen molar-refractivity contribution in [3.8, 4) is 34.1 Å². The normalized spacial score (nSPS) is 16.7. The molecule has 2 unspecified atom stereocenters. The number of carbonyl (C=O) groups excluding carboxylic acids is 1. The van der Waals surface area contributed by atoms with Gasteiger partial charge in [-0.2, -0.15) is 5.26 Å². The molecule has 0 N–H and O–H groups in total. The monoisotopic (exact) mass is 553 g/mol. The van der Waals surface area contributed by atoms with E-state index in [1.807, 2.05) is 53.6 Å². The summed E-state index contributed by atoms with van der Waals surface area (Å²) in [4.78, 5) is 26.4. The Morgan fingerprint density at radius 2 is 1.52 bits per heavy atom. The zero-order valence-electron chi connectivity index (χ0n) is 23.9. The van der Waals surface area contributed by atoms with Gasteiger partial charge < -0.3 is 14.5 Å². The number of hydrogen-bond acceptors (Lipinski definition) is 6. The van der Waals surface area contributed by atoms with E-state index in [9.17, 15) is 4.79 Å². The fourth-order valence-electron chi connectivity index (χ4n) is 6.01. The number of hydrogen-bond donors (Lipinski definition) is 0. The minimum Gasteiger partial charge on any atom is -0.495 e. The number of amides is 1. The highest BCUT2D eigenvalue weighted by Crippen LogP contribution is 2.39. The van der Waals surface area contributed by atoms with Crippen LogP contribution in [-0.4, -0.2) is 53.1 Å². The minimum absolute atomic E-state index is 0.0469. The maximum Gasteiger partial charge on any atom is 0.254 e. The highest BCUT2D eigenvalue weighted by atomic mass is 16.5. The predicted molar refractivity (Wildman–Crippen MR) is 165 cm³/mol. The molecule has 3 heterocycles. The summed E-state index contributed by atoms with van der Waals surface area (Å²) >= 11 is 0. The standard InChI is InChI=1S/C35H31N5O2/c1-23-21-39(22-24(2)40(23)35(41)28-15-17-37-18-16-28)29-13-11-27(12-14-29)32-20-38-33-30(5-4-6-31(33)34(32)42-3)26-9-7-25(19-36)8-10-26/h4-18,20,23-24H,21-22H2,1-3H3. The van der Waals surface area contributed by atoms with E-state index >= 15 is 0 Å². The highest BCUT2D eigenvalue weighted by molar-refractivity contribution is 6.00. The number of fused-ring (bicyclic) bond motifs is 1. The Morgan fingerprint density at radius 3 is 2.17 bits per heavy atom. The second-order valence-corrected chi connectivity index (χ2v) is 10.7. The SMILES string of the molecule is COc1c(-c2ccc(N3CC(C)N(C(=O)c4ccncc4)C(C)C3)cc2)cnc2c(-c3ccc(C#N)cc3)cccc12. The van der Waals surface area contributed by atoms with E-state index in [2.05, 4.69) is 54.1 Å². The van der Waals surface area contributed by atoms with Crippen LogP contribution in [0.1, 0.15) is 29.8 Å². The summed E-state index contributed by atoms with van der Waals surface area (Å²) in [5.41, 5.74) is 7.18. The van der Waals surface area contributed by atoms with Crippen molar-refractivity contribution in [2.24, 2.45) is 0 Å². The average Bonchev–Trinajstić information content (AvgIpc) is 3.04. The lowest BCUT2D eigenvalue weighted by Gasteiger charge is -2.45. The minimum atomic E-state index is 0.0469. The lowest BCUT2D eigenvalue weighted by Crippen LogP contribution is -2.58. The van der Waals surface area contributed by atoms with Crippen LogP contribution in [0.15, 0.2) is 97.5 Å². The smallest absolute Gasteiger partial charge is 0.254 e. The predicted octanol–water partition coefficient (Wildman–Crippen LogP) is 6.58. The number of nitriles is 1. The molecule has 1 aliphatic heterocycles. The molecule has 7 heteroatoms. The topological polar surface area (TPSA) is 82.3 Å². The molecule has 6 rings (SSSR count). The number of para-hydroxylation sites is 1. The fraction of sp³-hybridized carbons (Fsp3) is 0.200. The van der Waals surface area contributed by atoms with Crippen molar-refractivity contribution in [2.45, 2.75) is 25.9 Å². The Morgan fingerprint density at radius 1 is 0.881 bits per heavy atom. The van der Waals surface area contributed by atoms with Crippen molar-refractivity contribution >= 4 is 22.5 Å². The van der Waals surface area contributed by atoms with Gasteiger partial charge in [0.2, 0.25) is 0 Å². The van der Waals surface area contributed by atoms with E-state index in [0.29, 0.717) is 11.1 Å². The molecule has 2 atom stereocenters. The number of carbonyl (C=O) groups is 1. The zero-order valence-corrected chi connectivity index (χ0v) is 23.9. The number of nitrogens with zero attached hydrogens (tertiary/aromatic N) is 5. The van der Waals surface area contributed by atoms with Crippen LogP contribution >= 0.6 is 0 Å². The highest BCUT2D eigenvalue weighted by Gasteiger charge is 2.33. The Hall–Kier alpha value is -5.22. The molecule has 2 aromatic heterocycles. The molecule has 1 amide bonds. The molecule has 0 bridgehead atoms. The summed E-state index contributed by atoms with van der Waals surface area (Å²) in [6, 6.07) is 27.9. The number of methoxy groups -OCH3 is 1. The number of rotatable bonds is 5. The molecule has 0 radical (unpaired) electrons. The molecule has 5 aromatic rings. The van der Waals surface area contributed by atoms with Crippen molar-refractivity contribution < 1.29 is 9.53 Å². The largest absolute Gasteiger partial charge is 0.495 e. The van der Waals surface area contributed by atoms with E-state index in [-0.39, 0.29) is 18.0 Å². The van der Waals surface area contributed by atoms with Gasteiger partial charge in [0.1, 0.15) is 5.75 Å².